The molecular weight excluding hydrogens is 407 g/mol. The van der Waals surface area contributed by atoms with E-state index in [1.54, 1.807) is 12.1 Å². The predicted octanol–water partition coefficient (Wildman–Crippen LogP) is 2.79. The highest BCUT2D eigenvalue weighted by molar-refractivity contribution is 5.80. The topological polar surface area (TPSA) is 83.3 Å². The number of halogens is 1. The van der Waals surface area contributed by atoms with Crippen LogP contribution in [0.3, 0.4) is 0 Å². The van der Waals surface area contributed by atoms with Gasteiger partial charge in [-0.25, -0.2) is 9.37 Å². The van der Waals surface area contributed by atoms with Gasteiger partial charge in [0.1, 0.15) is 11.6 Å². The highest BCUT2D eigenvalue weighted by Gasteiger charge is 2.06. The van der Waals surface area contributed by atoms with Crippen molar-refractivity contribution in [1.29, 1.82) is 0 Å². The standard InChI is InChI=1S/C24H31FN6O/c1-3-26-24(29-14-13-27-23(32)17-19-8-6-9-20(25)16-19)28-12-7-15-31-18(2)30-21-10-4-5-11-22(21)31/h4-6,8-11,16H,3,7,12-15,17H2,1-2H3,(H,27,32)(H2,26,28,29). The third-order valence-electron chi connectivity index (χ3n) is 4.99. The van der Waals surface area contributed by atoms with Gasteiger partial charge >= 0.3 is 0 Å². The van der Waals surface area contributed by atoms with Crippen LogP contribution in [0.5, 0.6) is 0 Å². The second-order valence-corrected chi connectivity index (χ2v) is 7.50. The summed E-state index contributed by atoms with van der Waals surface area (Å²) in [4.78, 5) is 21.2. The molecule has 0 fully saturated rings. The molecule has 1 heterocycles. The van der Waals surface area contributed by atoms with Crippen molar-refractivity contribution in [2.24, 2.45) is 4.99 Å². The molecule has 0 aliphatic carbocycles. The highest BCUT2D eigenvalue weighted by atomic mass is 19.1. The molecule has 0 radical (unpaired) electrons. The Bertz CT molecular complexity index is 1060. The summed E-state index contributed by atoms with van der Waals surface area (Å²) in [5.41, 5.74) is 2.82. The number of carbonyl (C=O) groups is 1. The van der Waals surface area contributed by atoms with Crippen LogP contribution in [0.2, 0.25) is 0 Å². The Hall–Kier alpha value is -3.42. The maximum atomic E-state index is 13.2. The fourth-order valence-electron chi connectivity index (χ4n) is 3.52. The van der Waals surface area contributed by atoms with E-state index in [0.29, 0.717) is 25.2 Å². The Labute approximate surface area is 188 Å². The molecule has 0 aliphatic rings. The van der Waals surface area contributed by atoms with Gasteiger partial charge in [0.15, 0.2) is 5.96 Å². The van der Waals surface area contributed by atoms with Gasteiger partial charge in [0.2, 0.25) is 5.91 Å². The van der Waals surface area contributed by atoms with Crippen LogP contribution >= 0.6 is 0 Å². The summed E-state index contributed by atoms with van der Waals surface area (Å²) in [7, 11) is 0. The first-order valence-corrected chi connectivity index (χ1v) is 11.0. The maximum absolute atomic E-state index is 13.2. The SMILES string of the molecule is CCNC(=NCCCn1c(C)nc2ccccc21)NCCNC(=O)Cc1cccc(F)c1. The number of imidazole rings is 1. The van der Waals surface area contributed by atoms with E-state index in [2.05, 4.69) is 36.6 Å². The van der Waals surface area contributed by atoms with Gasteiger partial charge in [-0.15, -0.1) is 0 Å². The summed E-state index contributed by atoms with van der Waals surface area (Å²) >= 11 is 0. The van der Waals surface area contributed by atoms with Gasteiger partial charge in [0.25, 0.3) is 0 Å². The van der Waals surface area contributed by atoms with Crippen molar-refractivity contribution in [3.8, 4) is 0 Å². The van der Waals surface area contributed by atoms with Crippen molar-refractivity contribution in [2.45, 2.75) is 33.2 Å². The predicted molar refractivity (Wildman–Crippen MR) is 126 cm³/mol. The van der Waals surface area contributed by atoms with Gasteiger partial charge in [-0.3, -0.25) is 9.79 Å². The number of rotatable bonds is 10. The molecule has 3 rings (SSSR count). The molecule has 1 amide bonds. The van der Waals surface area contributed by atoms with E-state index in [1.165, 1.54) is 12.1 Å². The molecule has 7 nitrogen and oxygen atoms in total. The molecule has 3 N–H and O–H groups in total. The first-order valence-electron chi connectivity index (χ1n) is 11.0. The minimum absolute atomic E-state index is 0.137. The normalized spacial score (nSPS) is 11.5. The van der Waals surface area contributed by atoms with E-state index >= 15 is 0 Å². The summed E-state index contributed by atoms with van der Waals surface area (Å²) < 4.78 is 15.4. The lowest BCUT2D eigenvalue weighted by Crippen LogP contribution is -2.41. The monoisotopic (exact) mass is 438 g/mol. The van der Waals surface area contributed by atoms with Crippen molar-refractivity contribution in [3.05, 3.63) is 65.7 Å². The average Bonchev–Trinajstić information content (AvgIpc) is 3.09. The number of nitrogens with one attached hydrogen (secondary N) is 3. The van der Waals surface area contributed by atoms with Gasteiger partial charge in [0.05, 0.1) is 17.5 Å². The Balaban J connectivity index is 1.40. The zero-order valence-corrected chi connectivity index (χ0v) is 18.7. The van der Waals surface area contributed by atoms with Crippen molar-refractivity contribution in [2.75, 3.05) is 26.2 Å². The number of fused-ring (bicyclic) bond motifs is 1. The van der Waals surface area contributed by atoms with Crippen LogP contribution in [0.15, 0.2) is 53.5 Å². The molecule has 0 aliphatic heterocycles. The number of hydrogen-bond acceptors (Lipinski definition) is 3. The van der Waals surface area contributed by atoms with Crippen molar-refractivity contribution in [3.63, 3.8) is 0 Å². The molecule has 0 saturated carbocycles. The molecule has 32 heavy (non-hydrogen) atoms. The quantitative estimate of drug-likeness (QED) is 0.258. The molecule has 0 spiro atoms. The number of aromatic nitrogens is 2. The van der Waals surface area contributed by atoms with E-state index < -0.39 is 0 Å². The molecule has 0 atom stereocenters. The Kier molecular flexibility index (Phi) is 8.60. The number of hydrogen-bond donors (Lipinski definition) is 3. The van der Waals surface area contributed by atoms with E-state index in [9.17, 15) is 9.18 Å². The number of guanidine groups is 1. The lowest BCUT2D eigenvalue weighted by atomic mass is 10.1. The second-order valence-electron chi connectivity index (χ2n) is 7.50. The number of carbonyl (C=O) groups excluding carboxylic acids is 1. The number of aliphatic imine (C=N–C) groups is 1. The molecule has 0 saturated heterocycles. The van der Waals surface area contributed by atoms with Crippen LogP contribution < -0.4 is 16.0 Å². The Morgan fingerprint density at radius 2 is 1.91 bits per heavy atom. The fourth-order valence-corrected chi connectivity index (χ4v) is 3.52. The van der Waals surface area contributed by atoms with E-state index in [-0.39, 0.29) is 18.1 Å². The zero-order chi connectivity index (χ0) is 22.8. The number of nitrogens with zero attached hydrogens (tertiary/aromatic N) is 3. The molecule has 2 aromatic carbocycles. The van der Waals surface area contributed by atoms with E-state index in [1.807, 2.05) is 32.0 Å². The second kappa shape index (κ2) is 11.8. The molecule has 170 valence electrons. The minimum Gasteiger partial charge on any atom is -0.357 e. The van der Waals surface area contributed by atoms with Gasteiger partial charge in [0, 0.05) is 32.7 Å². The van der Waals surface area contributed by atoms with Gasteiger partial charge in [-0.05, 0) is 50.1 Å². The molecule has 8 heteroatoms. The van der Waals surface area contributed by atoms with Crippen molar-refractivity contribution >= 4 is 22.9 Å². The third kappa shape index (κ3) is 6.80. The molecule has 0 unspecified atom stereocenters. The van der Waals surface area contributed by atoms with Gasteiger partial charge in [-0.1, -0.05) is 24.3 Å². The van der Waals surface area contributed by atoms with Crippen LogP contribution in [0.25, 0.3) is 11.0 Å². The lowest BCUT2D eigenvalue weighted by molar-refractivity contribution is -0.120. The summed E-state index contributed by atoms with van der Waals surface area (Å²) in [5, 5.41) is 9.29. The first-order chi connectivity index (χ1) is 15.6. The average molecular weight is 439 g/mol. The maximum Gasteiger partial charge on any atom is 0.224 e. The molecule has 3 aromatic rings. The molecule has 1 aromatic heterocycles. The number of benzene rings is 2. The molecule has 0 bridgehead atoms. The van der Waals surface area contributed by atoms with Crippen LogP contribution in [0.1, 0.15) is 24.7 Å². The summed E-state index contributed by atoms with van der Waals surface area (Å²) in [5.74, 6) is 1.26. The zero-order valence-electron chi connectivity index (χ0n) is 18.7. The van der Waals surface area contributed by atoms with Gasteiger partial charge in [-0.2, -0.15) is 0 Å². The van der Waals surface area contributed by atoms with Crippen LogP contribution in [0.4, 0.5) is 4.39 Å². The van der Waals surface area contributed by atoms with E-state index in [0.717, 1.165) is 42.3 Å². The van der Waals surface area contributed by atoms with Crippen LogP contribution in [-0.2, 0) is 17.8 Å². The molecular formula is C24H31FN6O. The number of aryl methyl sites for hydroxylation is 2. The van der Waals surface area contributed by atoms with Gasteiger partial charge < -0.3 is 20.5 Å². The largest absolute Gasteiger partial charge is 0.357 e. The van der Waals surface area contributed by atoms with Crippen LogP contribution in [-0.4, -0.2) is 47.6 Å². The fraction of sp³-hybridized carbons (Fsp3) is 0.375. The summed E-state index contributed by atoms with van der Waals surface area (Å²) in [6, 6.07) is 14.2. The highest BCUT2D eigenvalue weighted by Crippen LogP contribution is 2.15. The lowest BCUT2D eigenvalue weighted by Gasteiger charge is -2.12. The smallest absolute Gasteiger partial charge is 0.224 e. The minimum atomic E-state index is -0.333. The van der Waals surface area contributed by atoms with E-state index in [4.69, 9.17) is 0 Å². The third-order valence-corrected chi connectivity index (χ3v) is 4.99. The summed E-state index contributed by atoms with van der Waals surface area (Å²) in [6.07, 6.45) is 1.05. The van der Waals surface area contributed by atoms with Crippen LogP contribution in [0, 0.1) is 12.7 Å². The van der Waals surface area contributed by atoms with Crippen molar-refractivity contribution < 1.29 is 9.18 Å². The van der Waals surface area contributed by atoms with Crippen molar-refractivity contribution in [1.82, 2.24) is 25.5 Å². The summed E-state index contributed by atoms with van der Waals surface area (Å²) in [6.45, 7) is 7.32. The Morgan fingerprint density at radius 3 is 2.72 bits per heavy atom. The number of para-hydroxylation sites is 2. The first kappa shape index (κ1) is 23.2. The number of amides is 1. The Morgan fingerprint density at radius 1 is 1.09 bits per heavy atom.